The van der Waals surface area contributed by atoms with Gasteiger partial charge in [-0.3, -0.25) is 0 Å². The second-order valence-electron chi connectivity index (χ2n) is 2.87. The lowest BCUT2D eigenvalue weighted by Gasteiger charge is -2.10. The zero-order chi connectivity index (χ0) is 10.8. The average Bonchev–Trinajstić information content (AvgIpc) is 2.76. The van der Waals surface area contributed by atoms with E-state index in [0.29, 0.717) is 16.0 Å². The zero-order valence-corrected chi connectivity index (χ0v) is 10.8. The van der Waals surface area contributed by atoms with E-state index in [-0.39, 0.29) is 6.04 Å². The van der Waals surface area contributed by atoms with Gasteiger partial charge >= 0.3 is 0 Å². The molecule has 80 valence electrons. The van der Waals surface area contributed by atoms with Crippen molar-refractivity contribution in [3.8, 4) is 0 Å². The van der Waals surface area contributed by atoms with Crippen LogP contribution in [0.25, 0.3) is 0 Å². The first-order chi connectivity index (χ1) is 7.18. The minimum Gasteiger partial charge on any atom is -0.218 e. The van der Waals surface area contributed by atoms with E-state index in [0.717, 1.165) is 0 Å². The molecule has 2 aromatic rings. The van der Waals surface area contributed by atoms with Gasteiger partial charge in [0.2, 0.25) is 9.47 Å². The molecule has 0 aliphatic carbocycles. The van der Waals surface area contributed by atoms with E-state index in [1.54, 1.807) is 9.36 Å². The number of hydrogen-bond donors (Lipinski definition) is 0. The molecule has 2 aromatic heterocycles. The summed E-state index contributed by atoms with van der Waals surface area (Å²) in [5.74, 6) is 0. The second-order valence-corrected chi connectivity index (χ2v) is 4.29. The van der Waals surface area contributed by atoms with Crippen molar-refractivity contribution in [3.05, 3.63) is 9.47 Å². The number of hydrogen-bond acceptors (Lipinski definition) is 6. The van der Waals surface area contributed by atoms with Gasteiger partial charge in [-0.05, 0) is 59.6 Å². The zero-order valence-electron chi connectivity index (χ0n) is 7.62. The highest BCUT2D eigenvalue weighted by molar-refractivity contribution is 9.10. The highest BCUT2D eigenvalue weighted by atomic mass is 79.9. The van der Waals surface area contributed by atoms with E-state index >= 15 is 0 Å². The SMILES string of the molecule is CC(Cn1nnnc1Br)n1nnnc1Br. The van der Waals surface area contributed by atoms with Crippen molar-refractivity contribution in [1.29, 1.82) is 0 Å². The Hall–Kier alpha value is -0.900. The standard InChI is InChI=1S/C5H6Br2N8/c1-3(15-5(7)9-11-13-15)2-14-4(6)8-10-12-14/h3H,2H2,1H3. The molecule has 2 rings (SSSR count). The van der Waals surface area contributed by atoms with Crippen LogP contribution in [0.1, 0.15) is 13.0 Å². The Bertz CT molecular complexity index is 449. The Morgan fingerprint density at radius 1 is 1.13 bits per heavy atom. The van der Waals surface area contributed by atoms with Crippen LogP contribution in [-0.4, -0.2) is 40.4 Å². The maximum absolute atomic E-state index is 3.84. The maximum atomic E-state index is 3.84. The van der Waals surface area contributed by atoms with Crippen LogP contribution in [-0.2, 0) is 6.54 Å². The van der Waals surface area contributed by atoms with Crippen LogP contribution in [0.2, 0.25) is 0 Å². The van der Waals surface area contributed by atoms with Crippen LogP contribution in [0.4, 0.5) is 0 Å². The van der Waals surface area contributed by atoms with Crippen molar-refractivity contribution < 1.29 is 0 Å². The van der Waals surface area contributed by atoms with Gasteiger partial charge in [-0.2, -0.15) is 0 Å². The van der Waals surface area contributed by atoms with Crippen LogP contribution in [0, 0.1) is 0 Å². The fourth-order valence-electron chi connectivity index (χ4n) is 1.09. The fraction of sp³-hybridized carbons (Fsp3) is 0.600. The molecule has 8 nitrogen and oxygen atoms in total. The van der Waals surface area contributed by atoms with Crippen molar-refractivity contribution >= 4 is 31.9 Å². The molecular formula is C5H6Br2N8. The summed E-state index contributed by atoms with van der Waals surface area (Å²) < 4.78 is 4.44. The molecule has 1 unspecified atom stereocenters. The summed E-state index contributed by atoms with van der Waals surface area (Å²) in [4.78, 5) is 0. The first-order valence-corrected chi connectivity index (χ1v) is 5.62. The number of tetrazole rings is 2. The van der Waals surface area contributed by atoms with Crippen molar-refractivity contribution in [2.24, 2.45) is 0 Å². The predicted octanol–water partition coefficient (Wildman–Crippen LogP) is 0.446. The number of nitrogens with zero attached hydrogens (tertiary/aromatic N) is 8. The van der Waals surface area contributed by atoms with Crippen molar-refractivity contribution in [1.82, 2.24) is 40.4 Å². The molecule has 0 aliphatic rings. The smallest absolute Gasteiger partial charge is 0.218 e. The molecule has 0 aliphatic heterocycles. The molecule has 0 bridgehead atoms. The molecule has 0 N–H and O–H groups in total. The maximum Gasteiger partial charge on any atom is 0.218 e. The number of aromatic nitrogens is 8. The summed E-state index contributed by atoms with van der Waals surface area (Å²) in [5.41, 5.74) is 0. The van der Waals surface area contributed by atoms with Crippen LogP contribution in [0.15, 0.2) is 9.47 Å². The molecule has 0 amide bonds. The van der Waals surface area contributed by atoms with Gasteiger partial charge in [0.1, 0.15) is 0 Å². The van der Waals surface area contributed by atoms with Gasteiger partial charge in [-0.1, -0.05) is 0 Å². The molecule has 0 fully saturated rings. The van der Waals surface area contributed by atoms with Crippen LogP contribution >= 0.6 is 31.9 Å². The Morgan fingerprint density at radius 3 is 2.33 bits per heavy atom. The third-order valence-electron chi connectivity index (χ3n) is 1.80. The Kier molecular flexibility index (Phi) is 3.05. The first-order valence-electron chi connectivity index (χ1n) is 4.03. The van der Waals surface area contributed by atoms with Crippen LogP contribution in [0.5, 0.6) is 0 Å². The topological polar surface area (TPSA) is 87.2 Å². The Labute approximate surface area is 101 Å². The molecular weight excluding hydrogens is 332 g/mol. The highest BCUT2D eigenvalue weighted by Gasteiger charge is 2.13. The lowest BCUT2D eigenvalue weighted by atomic mass is 10.3. The molecule has 0 saturated carbocycles. The van der Waals surface area contributed by atoms with E-state index in [4.69, 9.17) is 0 Å². The summed E-state index contributed by atoms with van der Waals surface area (Å²) >= 11 is 6.47. The first kappa shape index (κ1) is 10.6. The molecule has 0 saturated heterocycles. The second kappa shape index (κ2) is 4.31. The van der Waals surface area contributed by atoms with Gasteiger partial charge in [0, 0.05) is 0 Å². The molecule has 15 heavy (non-hydrogen) atoms. The van der Waals surface area contributed by atoms with E-state index < -0.39 is 0 Å². The predicted molar refractivity (Wildman–Crippen MR) is 55.7 cm³/mol. The van der Waals surface area contributed by atoms with Gasteiger partial charge in [-0.15, -0.1) is 10.2 Å². The lowest BCUT2D eigenvalue weighted by molar-refractivity contribution is 0.383. The number of rotatable bonds is 3. The molecule has 1 atom stereocenters. The fourth-order valence-corrected chi connectivity index (χ4v) is 1.86. The third kappa shape index (κ3) is 2.20. The van der Waals surface area contributed by atoms with Gasteiger partial charge in [0.05, 0.1) is 12.6 Å². The monoisotopic (exact) mass is 336 g/mol. The van der Waals surface area contributed by atoms with Gasteiger partial charge < -0.3 is 0 Å². The van der Waals surface area contributed by atoms with Gasteiger partial charge in [-0.25, -0.2) is 9.36 Å². The summed E-state index contributed by atoms with van der Waals surface area (Å²) in [5, 5.41) is 22.2. The Morgan fingerprint density at radius 2 is 1.80 bits per heavy atom. The minimum atomic E-state index is 0.0502. The molecule has 10 heteroatoms. The van der Waals surface area contributed by atoms with Crippen LogP contribution < -0.4 is 0 Å². The normalized spacial score (nSPS) is 13.0. The minimum absolute atomic E-state index is 0.0502. The summed E-state index contributed by atoms with van der Waals surface area (Å²) in [7, 11) is 0. The van der Waals surface area contributed by atoms with Crippen molar-refractivity contribution in [2.75, 3.05) is 0 Å². The summed E-state index contributed by atoms with van der Waals surface area (Å²) in [6.07, 6.45) is 0. The van der Waals surface area contributed by atoms with E-state index in [1.165, 1.54) is 0 Å². The molecule has 0 spiro atoms. The molecule has 2 heterocycles. The largest absolute Gasteiger partial charge is 0.218 e. The lowest BCUT2D eigenvalue weighted by Crippen LogP contribution is -2.16. The van der Waals surface area contributed by atoms with Crippen molar-refractivity contribution in [2.45, 2.75) is 19.5 Å². The van der Waals surface area contributed by atoms with E-state index in [2.05, 4.69) is 62.9 Å². The average molecular weight is 338 g/mol. The molecule has 0 radical (unpaired) electrons. The van der Waals surface area contributed by atoms with Crippen LogP contribution in [0.3, 0.4) is 0 Å². The van der Waals surface area contributed by atoms with E-state index in [9.17, 15) is 0 Å². The Balaban J connectivity index is 2.14. The van der Waals surface area contributed by atoms with Gasteiger partial charge in [0.15, 0.2) is 0 Å². The quantitative estimate of drug-likeness (QED) is 0.808. The van der Waals surface area contributed by atoms with E-state index in [1.807, 2.05) is 6.92 Å². The highest BCUT2D eigenvalue weighted by Crippen LogP contribution is 2.14. The molecule has 0 aromatic carbocycles. The van der Waals surface area contributed by atoms with Crippen molar-refractivity contribution in [3.63, 3.8) is 0 Å². The summed E-state index contributed by atoms with van der Waals surface area (Å²) in [6, 6.07) is 0.0502. The summed E-state index contributed by atoms with van der Waals surface area (Å²) in [6.45, 7) is 2.55. The van der Waals surface area contributed by atoms with Gasteiger partial charge in [0.25, 0.3) is 0 Å². The third-order valence-corrected chi connectivity index (χ3v) is 2.89. The number of halogens is 2.